The van der Waals surface area contributed by atoms with Crippen molar-refractivity contribution in [2.75, 3.05) is 12.4 Å². The van der Waals surface area contributed by atoms with Crippen molar-refractivity contribution >= 4 is 17.9 Å². The fourth-order valence-electron chi connectivity index (χ4n) is 2.57. The van der Waals surface area contributed by atoms with E-state index in [1.54, 1.807) is 4.90 Å². The lowest BCUT2D eigenvalue weighted by molar-refractivity contribution is -0.0617. The van der Waals surface area contributed by atoms with Crippen LogP contribution in [0.2, 0.25) is 0 Å². The Morgan fingerprint density at radius 1 is 1.35 bits per heavy atom. The van der Waals surface area contributed by atoms with Crippen LogP contribution >= 0.6 is 11.8 Å². The molecule has 0 aliphatic carbocycles. The first kappa shape index (κ1) is 18.1. The van der Waals surface area contributed by atoms with Crippen LogP contribution in [0.4, 0.5) is 4.79 Å². The molecule has 0 radical (unpaired) electrons. The van der Waals surface area contributed by atoms with Gasteiger partial charge in [-0.1, -0.05) is 30.3 Å². The van der Waals surface area contributed by atoms with Crippen molar-refractivity contribution in [2.24, 2.45) is 0 Å². The fraction of sp³-hybridized carbons (Fsp3) is 0.611. The standard InChI is InChI=1S/C18H27NO3S/c1-17(2,3)22-16(20)19-15(11-21-18(19,4)5)13-23-12-14-9-7-6-8-10-14/h6-10,15H,11-13H2,1-5H3/t15-/m1/s1. The van der Waals surface area contributed by atoms with Crippen LogP contribution in [0.25, 0.3) is 0 Å². The second-order valence-corrected chi connectivity index (χ2v) is 8.29. The van der Waals surface area contributed by atoms with Gasteiger partial charge in [-0.3, -0.25) is 4.90 Å². The monoisotopic (exact) mass is 337 g/mol. The molecule has 1 atom stereocenters. The highest BCUT2D eigenvalue weighted by molar-refractivity contribution is 7.98. The summed E-state index contributed by atoms with van der Waals surface area (Å²) in [5, 5.41) is 0. The van der Waals surface area contributed by atoms with Crippen molar-refractivity contribution in [3.05, 3.63) is 35.9 Å². The zero-order valence-electron chi connectivity index (χ0n) is 14.7. The normalized spacial score (nSPS) is 20.6. The molecule has 5 heteroatoms. The highest BCUT2D eigenvalue weighted by atomic mass is 32.2. The van der Waals surface area contributed by atoms with Gasteiger partial charge in [-0.25, -0.2) is 4.79 Å². The average Bonchev–Trinajstić information content (AvgIpc) is 2.73. The van der Waals surface area contributed by atoms with Crippen molar-refractivity contribution in [1.82, 2.24) is 4.90 Å². The first-order valence-electron chi connectivity index (χ1n) is 7.97. The molecular formula is C18H27NO3S. The van der Waals surface area contributed by atoms with Crippen LogP contribution in [0.3, 0.4) is 0 Å². The van der Waals surface area contributed by atoms with Crippen LogP contribution < -0.4 is 0 Å². The molecule has 2 rings (SSSR count). The smallest absolute Gasteiger partial charge is 0.412 e. The summed E-state index contributed by atoms with van der Waals surface area (Å²) in [6.07, 6.45) is -0.301. The van der Waals surface area contributed by atoms with Gasteiger partial charge in [0, 0.05) is 11.5 Å². The van der Waals surface area contributed by atoms with Gasteiger partial charge in [0.15, 0.2) is 0 Å². The second-order valence-electron chi connectivity index (χ2n) is 7.26. The molecule has 1 amide bonds. The second kappa shape index (κ2) is 7.14. The number of benzene rings is 1. The van der Waals surface area contributed by atoms with Crippen LogP contribution in [-0.2, 0) is 15.2 Å². The summed E-state index contributed by atoms with van der Waals surface area (Å²) in [5.41, 5.74) is 0.164. The summed E-state index contributed by atoms with van der Waals surface area (Å²) in [4.78, 5) is 14.3. The van der Waals surface area contributed by atoms with E-state index < -0.39 is 11.3 Å². The molecule has 1 heterocycles. The van der Waals surface area contributed by atoms with Crippen molar-refractivity contribution in [2.45, 2.75) is 57.7 Å². The van der Waals surface area contributed by atoms with E-state index in [2.05, 4.69) is 12.1 Å². The molecule has 0 aromatic heterocycles. The highest BCUT2D eigenvalue weighted by Crippen LogP contribution is 2.31. The lowest BCUT2D eigenvalue weighted by atomic mass is 10.2. The molecule has 1 fully saturated rings. The van der Waals surface area contributed by atoms with E-state index in [0.717, 1.165) is 11.5 Å². The molecule has 128 valence electrons. The quantitative estimate of drug-likeness (QED) is 0.821. The zero-order chi connectivity index (χ0) is 17.1. The number of carbonyl (C=O) groups is 1. The van der Waals surface area contributed by atoms with Gasteiger partial charge in [0.05, 0.1) is 12.6 Å². The molecule has 4 nitrogen and oxygen atoms in total. The number of thioether (sulfide) groups is 1. The maximum absolute atomic E-state index is 12.5. The van der Waals surface area contributed by atoms with Gasteiger partial charge in [0.2, 0.25) is 0 Å². The minimum Gasteiger partial charge on any atom is -0.444 e. The van der Waals surface area contributed by atoms with Gasteiger partial charge < -0.3 is 9.47 Å². The summed E-state index contributed by atoms with van der Waals surface area (Å²) >= 11 is 1.81. The van der Waals surface area contributed by atoms with Crippen LogP contribution in [0.5, 0.6) is 0 Å². The summed E-state index contributed by atoms with van der Waals surface area (Å²) < 4.78 is 11.4. The van der Waals surface area contributed by atoms with Gasteiger partial charge >= 0.3 is 6.09 Å². The van der Waals surface area contributed by atoms with E-state index in [1.807, 2.05) is 64.6 Å². The SMILES string of the molecule is CC(C)(C)OC(=O)N1[C@@H](CSCc2ccccc2)COC1(C)C. The van der Waals surface area contributed by atoms with E-state index >= 15 is 0 Å². The lowest BCUT2D eigenvalue weighted by Crippen LogP contribution is -2.50. The Morgan fingerprint density at radius 3 is 2.61 bits per heavy atom. The maximum Gasteiger partial charge on any atom is 0.412 e. The predicted octanol–water partition coefficient (Wildman–Crippen LogP) is 4.29. The molecule has 0 unspecified atom stereocenters. The summed E-state index contributed by atoms with van der Waals surface area (Å²) in [6, 6.07) is 10.4. The molecule has 1 aliphatic heterocycles. The number of hydrogen-bond acceptors (Lipinski definition) is 4. The number of ether oxygens (including phenoxy) is 2. The molecule has 0 bridgehead atoms. The third kappa shape index (κ3) is 5.15. The molecule has 0 spiro atoms. The number of nitrogens with zero attached hydrogens (tertiary/aromatic N) is 1. The van der Waals surface area contributed by atoms with Gasteiger partial charge in [-0.05, 0) is 40.2 Å². The summed E-state index contributed by atoms with van der Waals surface area (Å²) in [7, 11) is 0. The van der Waals surface area contributed by atoms with Crippen molar-refractivity contribution < 1.29 is 14.3 Å². The van der Waals surface area contributed by atoms with Gasteiger partial charge in [-0.15, -0.1) is 0 Å². The van der Waals surface area contributed by atoms with Gasteiger partial charge in [-0.2, -0.15) is 11.8 Å². The van der Waals surface area contributed by atoms with Crippen molar-refractivity contribution in [1.29, 1.82) is 0 Å². The molecule has 1 aromatic carbocycles. The molecule has 23 heavy (non-hydrogen) atoms. The Balaban J connectivity index is 1.95. The minimum absolute atomic E-state index is 0.0357. The molecule has 0 saturated carbocycles. The van der Waals surface area contributed by atoms with Gasteiger partial charge in [0.25, 0.3) is 0 Å². The summed E-state index contributed by atoms with van der Waals surface area (Å²) in [5.74, 6) is 1.76. The van der Waals surface area contributed by atoms with E-state index in [-0.39, 0.29) is 12.1 Å². The Kier molecular flexibility index (Phi) is 5.63. The Morgan fingerprint density at radius 2 is 2.00 bits per heavy atom. The van der Waals surface area contributed by atoms with Crippen LogP contribution in [0.15, 0.2) is 30.3 Å². The van der Waals surface area contributed by atoms with E-state index in [1.165, 1.54) is 5.56 Å². The van der Waals surface area contributed by atoms with Crippen LogP contribution in [0, 0.1) is 0 Å². The predicted molar refractivity (Wildman–Crippen MR) is 94.5 cm³/mol. The molecule has 0 N–H and O–H groups in total. The number of carbonyl (C=O) groups excluding carboxylic acids is 1. The first-order chi connectivity index (χ1) is 10.7. The largest absolute Gasteiger partial charge is 0.444 e. The van der Waals surface area contributed by atoms with E-state index in [4.69, 9.17) is 9.47 Å². The fourth-order valence-corrected chi connectivity index (χ4v) is 3.64. The van der Waals surface area contributed by atoms with E-state index in [9.17, 15) is 4.79 Å². The Bertz CT molecular complexity index is 525. The third-order valence-electron chi connectivity index (χ3n) is 3.59. The Hall–Kier alpha value is -1.20. The van der Waals surface area contributed by atoms with Gasteiger partial charge in [0.1, 0.15) is 11.3 Å². The maximum atomic E-state index is 12.5. The first-order valence-corrected chi connectivity index (χ1v) is 9.12. The van der Waals surface area contributed by atoms with E-state index in [0.29, 0.717) is 6.61 Å². The average molecular weight is 337 g/mol. The minimum atomic E-state index is -0.625. The number of rotatable bonds is 4. The topological polar surface area (TPSA) is 38.8 Å². The molecular weight excluding hydrogens is 310 g/mol. The summed E-state index contributed by atoms with van der Waals surface area (Å²) in [6.45, 7) is 10.0. The van der Waals surface area contributed by atoms with Crippen molar-refractivity contribution in [3.63, 3.8) is 0 Å². The molecule has 1 saturated heterocycles. The molecule has 1 aromatic rings. The highest BCUT2D eigenvalue weighted by Gasteiger charge is 2.45. The van der Waals surface area contributed by atoms with Crippen LogP contribution in [0.1, 0.15) is 40.2 Å². The Labute approximate surface area is 143 Å². The van der Waals surface area contributed by atoms with Crippen LogP contribution in [-0.4, -0.2) is 40.7 Å². The number of hydrogen-bond donors (Lipinski definition) is 0. The molecule has 1 aliphatic rings. The lowest BCUT2D eigenvalue weighted by Gasteiger charge is -2.35. The zero-order valence-corrected chi connectivity index (χ0v) is 15.5. The number of amides is 1. The van der Waals surface area contributed by atoms with Crippen molar-refractivity contribution in [3.8, 4) is 0 Å². The third-order valence-corrected chi connectivity index (χ3v) is 4.74.